The van der Waals surface area contributed by atoms with Gasteiger partial charge in [0.05, 0.1) is 5.54 Å². The summed E-state index contributed by atoms with van der Waals surface area (Å²) in [6, 6.07) is 3.54. The third-order valence-electron chi connectivity index (χ3n) is 5.61. The lowest BCUT2D eigenvalue weighted by Crippen LogP contribution is -2.70. The van der Waals surface area contributed by atoms with Crippen LogP contribution in [0.25, 0.3) is 5.57 Å². The van der Waals surface area contributed by atoms with Crippen LogP contribution in [-0.4, -0.2) is 53.0 Å². The molecule has 35 heavy (non-hydrogen) atoms. The number of hydrogen-bond acceptors (Lipinski definition) is 2. The molecule has 200 valence electrons. The van der Waals surface area contributed by atoms with Crippen molar-refractivity contribution in [3.63, 3.8) is 0 Å². The summed E-state index contributed by atoms with van der Waals surface area (Å²) in [5.74, 6) is -37.4. The van der Waals surface area contributed by atoms with E-state index >= 15 is 0 Å². The van der Waals surface area contributed by atoms with E-state index in [1.165, 1.54) is 32.1 Å². The van der Waals surface area contributed by atoms with Crippen molar-refractivity contribution in [1.29, 1.82) is 0 Å². The molecule has 1 N–H and O–H groups in total. The summed E-state index contributed by atoms with van der Waals surface area (Å²) in [4.78, 5) is 0.930. The Morgan fingerprint density at radius 1 is 0.771 bits per heavy atom. The Hall–Kier alpha value is -2.35. The molecule has 1 heterocycles. The van der Waals surface area contributed by atoms with Gasteiger partial charge in [-0.3, -0.25) is 0 Å². The van der Waals surface area contributed by atoms with Crippen LogP contribution in [0.15, 0.2) is 24.3 Å². The number of alkyl halides is 13. The van der Waals surface area contributed by atoms with Crippen LogP contribution in [0.2, 0.25) is 0 Å². The number of anilines is 1. The van der Waals surface area contributed by atoms with Crippen LogP contribution in [0.1, 0.15) is 32.8 Å². The molecule has 0 unspecified atom stereocenters. The average Bonchev–Trinajstić information content (AvgIpc) is 2.65. The zero-order valence-corrected chi connectivity index (χ0v) is 18.0. The van der Waals surface area contributed by atoms with Crippen molar-refractivity contribution in [2.45, 2.75) is 68.5 Å². The van der Waals surface area contributed by atoms with Gasteiger partial charge in [0, 0.05) is 30.3 Å². The largest absolute Gasteiger partial charge is 0.508 e. The predicted molar refractivity (Wildman–Crippen MR) is 98.6 cm³/mol. The highest BCUT2D eigenvalue weighted by atomic mass is 19.4. The molecule has 0 amide bonds. The van der Waals surface area contributed by atoms with E-state index < -0.39 is 60.0 Å². The molecule has 15 heteroatoms. The van der Waals surface area contributed by atoms with Crippen LogP contribution in [0.5, 0.6) is 5.75 Å². The Kier molecular flexibility index (Phi) is 6.67. The molecular weight excluding hydrogens is 517 g/mol. The van der Waals surface area contributed by atoms with Crippen molar-refractivity contribution < 1.29 is 62.2 Å². The third-order valence-corrected chi connectivity index (χ3v) is 5.61. The smallest absolute Gasteiger partial charge is 0.460 e. The van der Waals surface area contributed by atoms with Gasteiger partial charge < -0.3 is 10.0 Å². The summed E-state index contributed by atoms with van der Waals surface area (Å²) < 4.78 is 173. The lowest BCUT2D eigenvalue weighted by molar-refractivity contribution is -0.440. The van der Waals surface area contributed by atoms with Gasteiger partial charge in [-0.25, -0.2) is 0 Å². The fraction of sp³-hybridized carbons (Fsp3) is 0.600. The van der Waals surface area contributed by atoms with E-state index in [-0.39, 0.29) is 5.69 Å². The Balaban J connectivity index is 2.45. The number of hydrogen-bond donors (Lipinski definition) is 1. The summed E-state index contributed by atoms with van der Waals surface area (Å²) >= 11 is 0. The summed E-state index contributed by atoms with van der Waals surface area (Å²) in [5, 5.41) is 9.70. The van der Waals surface area contributed by atoms with Crippen molar-refractivity contribution in [2.75, 3.05) is 11.4 Å². The number of phenols is 1. The van der Waals surface area contributed by atoms with Gasteiger partial charge in [-0.15, -0.1) is 0 Å². The molecule has 0 aromatic heterocycles. The number of aromatic hydroxyl groups is 1. The lowest BCUT2D eigenvalue weighted by atomic mass is 9.87. The molecular formula is C20H18F13NO. The quantitative estimate of drug-likeness (QED) is 0.365. The maximum absolute atomic E-state index is 14.3. The fourth-order valence-electron chi connectivity index (χ4n) is 3.69. The first-order chi connectivity index (χ1) is 15.3. The molecule has 0 saturated carbocycles. The summed E-state index contributed by atoms with van der Waals surface area (Å²) in [6.07, 6.45) is -8.34. The fourth-order valence-corrected chi connectivity index (χ4v) is 3.69. The summed E-state index contributed by atoms with van der Waals surface area (Å²) in [5.41, 5.74) is -0.473. The van der Waals surface area contributed by atoms with E-state index in [0.717, 1.165) is 11.0 Å². The molecule has 1 aliphatic heterocycles. The topological polar surface area (TPSA) is 23.5 Å². The molecule has 0 bridgehead atoms. The second-order valence-corrected chi connectivity index (χ2v) is 8.58. The maximum Gasteiger partial charge on any atom is 0.460 e. The van der Waals surface area contributed by atoms with Crippen molar-refractivity contribution in [2.24, 2.45) is 0 Å². The van der Waals surface area contributed by atoms with Crippen molar-refractivity contribution >= 4 is 11.3 Å². The van der Waals surface area contributed by atoms with Crippen molar-refractivity contribution in [3.05, 3.63) is 29.8 Å². The van der Waals surface area contributed by atoms with Gasteiger partial charge in [-0.1, -0.05) is 6.08 Å². The molecule has 0 fully saturated rings. The average molecular weight is 535 g/mol. The predicted octanol–water partition coefficient (Wildman–Crippen LogP) is 7.52. The highest BCUT2D eigenvalue weighted by Gasteiger charge is 2.90. The summed E-state index contributed by atoms with van der Waals surface area (Å²) in [6.45, 7) is 3.03. The lowest BCUT2D eigenvalue weighted by Gasteiger charge is -2.45. The molecule has 1 aromatic rings. The third kappa shape index (κ3) is 4.28. The number of allylic oxidation sites excluding steroid dienone is 1. The molecule has 2 rings (SSSR count). The van der Waals surface area contributed by atoms with Gasteiger partial charge in [0.25, 0.3) is 0 Å². The summed E-state index contributed by atoms with van der Waals surface area (Å²) in [7, 11) is 0. The molecule has 1 aliphatic rings. The molecule has 0 radical (unpaired) electrons. The van der Waals surface area contributed by atoms with E-state index in [9.17, 15) is 62.2 Å². The van der Waals surface area contributed by atoms with E-state index in [1.54, 1.807) is 6.92 Å². The minimum atomic E-state index is -7.92. The van der Waals surface area contributed by atoms with E-state index in [4.69, 9.17) is 0 Å². The Labute approximate surface area is 190 Å². The highest BCUT2D eigenvalue weighted by Crippen LogP contribution is 2.60. The van der Waals surface area contributed by atoms with Crippen molar-refractivity contribution in [3.8, 4) is 5.75 Å². The number of nitrogens with zero attached hydrogens (tertiary/aromatic N) is 1. The number of benzene rings is 1. The molecule has 1 aromatic carbocycles. The maximum atomic E-state index is 14.3. The van der Waals surface area contributed by atoms with Gasteiger partial charge in [0.1, 0.15) is 5.75 Å². The number of halogens is 13. The number of phenolic OH excluding ortho intramolecular Hbond substituents is 1. The Morgan fingerprint density at radius 2 is 1.26 bits per heavy atom. The Bertz CT molecular complexity index is 995. The highest BCUT2D eigenvalue weighted by molar-refractivity contribution is 5.81. The first kappa shape index (κ1) is 28.9. The van der Waals surface area contributed by atoms with E-state index in [1.807, 2.05) is 0 Å². The zero-order valence-electron chi connectivity index (χ0n) is 18.0. The van der Waals surface area contributed by atoms with Crippen LogP contribution in [0, 0.1) is 0 Å². The Morgan fingerprint density at radius 3 is 1.74 bits per heavy atom. The zero-order chi connectivity index (χ0) is 27.6. The second-order valence-electron chi connectivity index (χ2n) is 8.58. The van der Waals surface area contributed by atoms with Gasteiger partial charge in [-0.05, 0) is 38.5 Å². The number of rotatable bonds is 7. The van der Waals surface area contributed by atoms with Crippen molar-refractivity contribution in [1.82, 2.24) is 0 Å². The van der Waals surface area contributed by atoms with Crippen LogP contribution >= 0.6 is 0 Å². The van der Waals surface area contributed by atoms with Gasteiger partial charge in [0.2, 0.25) is 0 Å². The van der Waals surface area contributed by atoms with Crippen LogP contribution < -0.4 is 4.90 Å². The molecule has 0 atom stereocenters. The molecule has 0 saturated heterocycles. The minimum Gasteiger partial charge on any atom is -0.508 e. The monoisotopic (exact) mass is 535 g/mol. The SMILES string of the molecule is CC1=CC(C)(C)N(CCC(F)(F)C(F)(F)C(F)(F)C(F)(F)C(F)(F)C(F)(F)F)c2cc(O)ccc21. The minimum absolute atomic E-state index is 0.0326. The van der Waals surface area contributed by atoms with E-state index in [2.05, 4.69) is 0 Å². The van der Waals surface area contributed by atoms with Gasteiger partial charge in [0.15, 0.2) is 0 Å². The molecule has 2 nitrogen and oxygen atoms in total. The standard InChI is InChI=1S/C20H18F13NO/c1-10-9-14(2,3)34(13-8-11(35)4-5-12(10)13)7-6-15(21,22)16(23,24)17(25,26)18(27,28)19(29,30)20(31,32)33/h4-5,8-9,35H,6-7H2,1-3H3. The second kappa shape index (κ2) is 8.08. The molecule has 0 aliphatic carbocycles. The van der Waals surface area contributed by atoms with Crippen LogP contribution in [0.3, 0.4) is 0 Å². The van der Waals surface area contributed by atoms with Crippen LogP contribution in [0.4, 0.5) is 62.8 Å². The van der Waals surface area contributed by atoms with Gasteiger partial charge >= 0.3 is 35.8 Å². The number of fused-ring (bicyclic) bond motifs is 1. The molecule has 0 spiro atoms. The van der Waals surface area contributed by atoms with Gasteiger partial charge in [-0.2, -0.15) is 57.1 Å². The van der Waals surface area contributed by atoms with E-state index in [0.29, 0.717) is 11.1 Å². The first-order valence-corrected chi connectivity index (χ1v) is 9.61. The van der Waals surface area contributed by atoms with Crippen LogP contribution in [-0.2, 0) is 0 Å². The first-order valence-electron chi connectivity index (χ1n) is 9.61. The normalized spacial score (nSPS) is 17.8.